The highest BCUT2D eigenvalue weighted by atomic mass is 16.7. The minimum atomic E-state index is -1.57. The van der Waals surface area contributed by atoms with Crippen LogP contribution in [0.5, 0.6) is 0 Å². The van der Waals surface area contributed by atoms with Crippen molar-refractivity contribution in [2.75, 3.05) is 13.2 Å². The van der Waals surface area contributed by atoms with Crippen LogP contribution < -0.4 is 5.32 Å². The SMILES string of the molecule is CCCC/C=C/CC/C=C/C(O)C(COC1OC(CO)C(O)C(O)C1O)NC(=O)CCCCCCCCC/C=C\CCCCCCCCC. The Hall–Kier alpha value is -1.59. The Kier molecular flexibility index (Phi) is 28.9. The predicted molar refractivity (Wildman–Crippen MR) is 198 cm³/mol. The summed E-state index contributed by atoms with van der Waals surface area (Å²) in [5.74, 6) is -0.197. The maximum atomic E-state index is 12.8. The summed E-state index contributed by atoms with van der Waals surface area (Å²) in [5.41, 5.74) is 0. The smallest absolute Gasteiger partial charge is 0.220 e. The molecule has 9 heteroatoms. The van der Waals surface area contributed by atoms with Gasteiger partial charge in [-0.2, -0.15) is 0 Å². The van der Waals surface area contributed by atoms with Gasteiger partial charge in [0.1, 0.15) is 24.4 Å². The van der Waals surface area contributed by atoms with Crippen LogP contribution in [0.25, 0.3) is 0 Å². The first-order chi connectivity index (χ1) is 23.8. The summed E-state index contributed by atoms with van der Waals surface area (Å²) in [5, 5.41) is 53.7. The monoisotopic (exact) mass is 696 g/mol. The number of nitrogens with one attached hydrogen (secondary N) is 1. The Morgan fingerprint density at radius 2 is 1.18 bits per heavy atom. The van der Waals surface area contributed by atoms with E-state index in [1.807, 2.05) is 6.08 Å². The standard InChI is InChI=1S/C40H73NO8/c1-3-5-7-9-11-13-14-15-16-17-18-19-20-21-22-24-26-28-30-36(44)41-33(34(43)29-27-25-23-12-10-8-6-4-2)32-48-40-39(47)38(46)37(45)35(31-42)49-40/h10,12,16-17,27,29,33-35,37-40,42-43,45-47H,3-9,11,13-15,18-26,28,30-32H2,1-2H3,(H,41,44)/b12-10+,17-16-,29-27+. The number of unbranched alkanes of at least 4 members (excludes halogenated alkanes) is 17. The average molecular weight is 696 g/mol. The average Bonchev–Trinajstić information content (AvgIpc) is 3.10. The van der Waals surface area contributed by atoms with E-state index in [0.717, 1.165) is 57.8 Å². The molecule has 1 rings (SSSR count). The molecule has 1 fully saturated rings. The Morgan fingerprint density at radius 1 is 0.673 bits per heavy atom. The molecular weight excluding hydrogens is 622 g/mol. The summed E-state index contributed by atoms with van der Waals surface area (Å²) in [6.45, 7) is 3.65. The molecule has 9 nitrogen and oxygen atoms in total. The van der Waals surface area contributed by atoms with Crippen LogP contribution in [0.3, 0.4) is 0 Å². The zero-order valence-electron chi connectivity index (χ0n) is 30.9. The Bertz CT molecular complexity index is 863. The molecule has 0 aromatic carbocycles. The lowest BCUT2D eigenvalue weighted by Gasteiger charge is -2.40. The van der Waals surface area contributed by atoms with Crippen molar-refractivity contribution in [2.24, 2.45) is 0 Å². The molecule has 0 aliphatic carbocycles. The van der Waals surface area contributed by atoms with Gasteiger partial charge in [-0.1, -0.05) is 134 Å². The fourth-order valence-electron chi connectivity index (χ4n) is 5.91. The number of ether oxygens (including phenoxy) is 2. The van der Waals surface area contributed by atoms with Crippen LogP contribution in [0.2, 0.25) is 0 Å². The summed E-state index contributed by atoms with van der Waals surface area (Å²) in [6, 6.07) is -0.819. The largest absolute Gasteiger partial charge is 0.394 e. The molecule has 0 radical (unpaired) electrons. The van der Waals surface area contributed by atoms with Gasteiger partial charge in [0.25, 0.3) is 0 Å². The van der Waals surface area contributed by atoms with E-state index in [0.29, 0.717) is 6.42 Å². The van der Waals surface area contributed by atoms with Crippen LogP contribution in [0.1, 0.15) is 155 Å². The minimum absolute atomic E-state index is 0.197. The maximum Gasteiger partial charge on any atom is 0.220 e. The number of rotatable bonds is 31. The number of carbonyl (C=O) groups excluding carboxylic acids is 1. The van der Waals surface area contributed by atoms with Gasteiger partial charge in [-0.25, -0.2) is 0 Å². The quantitative estimate of drug-likeness (QED) is 0.0338. The van der Waals surface area contributed by atoms with Gasteiger partial charge in [-0.05, 0) is 51.4 Å². The van der Waals surface area contributed by atoms with Crippen molar-refractivity contribution >= 4 is 5.91 Å². The zero-order chi connectivity index (χ0) is 36.0. The van der Waals surface area contributed by atoms with Crippen LogP contribution >= 0.6 is 0 Å². The van der Waals surface area contributed by atoms with E-state index in [1.54, 1.807) is 6.08 Å². The normalized spacial score (nSPS) is 22.8. The van der Waals surface area contributed by atoms with Crippen molar-refractivity contribution in [3.8, 4) is 0 Å². The van der Waals surface area contributed by atoms with Gasteiger partial charge in [-0.3, -0.25) is 4.79 Å². The van der Waals surface area contributed by atoms with E-state index in [9.17, 15) is 30.3 Å². The third-order valence-electron chi connectivity index (χ3n) is 9.19. The number of amides is 1. The second-order valence-corrected chi connectivity index (χ2v) is 13.7. The summed E-state index contributed by atoms with van der Waals surface area (Å²) in [4.78, 5) is 12.8. The molecule has 0 spiro atoms. The number of carbonyl (C=O) groups is 1. The van der Waals surface area contributed by atoms with Gasteiger partial charge in [0.15, 0.2) is 6.29 Å². The van der Waals surface area contributed by atoms with Crippen molar-refractivity contribution < 1.29 is 39.8 Å². The lowest BCUT2D eigenvalue weighted by molar-refractivity contribution is -0.302. The van der Waals surface area contributed by atoms with Crippen molar-refractivity contribution in [1.82, 2.24) is 5.32 Å². The molecule has 1 heterocycles. The van der Waals surface area contributed by atoms with Gasteiger partial charge in [0.2, 0.25) is 5.91 Å². The lowest BCUT2D eigenvalue weighted by Crippen LogP contribution is -2.60. The Labute approximate surface area is 298 Å². The van der Waals surface area contributed by atoms with Crippen molar-refractivity contribution in [3.05, 3.63) is 36.5 Å². The highest BCUT2D eigenvalue weighted by Gasteiger charge is 2.44. The van der Waals surface area contributed by atoms with E-state index >= 15 is 0 Å². The van der Waals surface area contributed by atoms with Crippen molar-refractivity contribution in [2.45, 2.75) is 198 Å². The molecule has 0 saturated carbocycles. The summed E-state index contributed by atoms with van der Waals surface area (Å²) in [6.07, 6.45) is 29.2. The molecular formula is C40H73NO8. The Morgan fingerprint density at radius 3 is 1.78 bits per heavy atom. The van der Waals surface area contributed by atoms with Crippen LogP contribution in [0, 0.1) is 0 Å². The van der Waals surface area contributed by atoms with Gasteiger partial charge >= 0.3 is 0 Å². The van der Waals surface area contributed by atoms with Crippen molar-refractivity contribution in [1.29, 1.82) is 0 Å². The first-order valence-corrected chi connectivity index (χ1v) is 19.7. The molecule has 1 aliphatic heterocycles. The fourth-order valence-corrected chi connectivity index (χ4v) is 5.91. The van der Waals surface area contributed by atoms with Crippen LogP contribution in [-0.4, -0.2) is 87.5 Å². The number of allylic oxidation sites excluding steroid dienone is 5. The summed E-state index contributed by atoms with van der Waals surface area (Å²) < 4.78 is 11.1. The van der Waals surface area contributed by atoms with Crippen LogP contribution in [0.15, 0.2) is 36.5 Å². The Balaban J connectivity index is 2.37. The third-order valence-corrected chi connectivity index (χ3v) is 9.19. The lowest BCUT2D eigenvalue weighted by atomic mass is 9.99. The van der Waals surface area contributed by atoms with Gasteiger partial charge in [0, 0.05) is 6.42 Å². The summed E-state index contributed by atoms with van der Waals surface area (Å²) in [7, 11) is 0. The second kappa shape index (κ2) is 31.2. The van der Waals surface area contributed by atoms with Gasteiger partial charge in [0.05, 0.1) is 25.4 Å². The number of hydrogen-bond acceptors (Lipinski definition) is 8. The highest BCUT2D eigenvalue weighted by Crippen LogP contribution is 2.22. The first-order valence-electron chi connectivity index (χ1n) is 19.7. The minimum Gasteiger partial charge on any atom is -0.394 e. The zero-order valence-corrected chi connectivity index (χ0v) is 30.9. The molecule has 49 heavy (non-hydrogen) atoms. The topological polar surface area (TPSA) is 149 Å². The second-order valence-electron chi connectivity index (χ2n) is 13.7. The number of aliphatic hydroxyl groups is 5. The molecule has 6 N–H and O–H groups in total. The fraction of sp³-hybridized carbons (Fsp3) is 0.825. The van der Waals surface area contributed by atoms with E-state index < -0.39 is 49.5 Å². The molecule has 7 atom stereocenters. The van der Waals surface area contributed by atoms with Gasteiger partial charge in [-0.15, -0.1) is 0 Å². The van der Waals surface area contributed by atoms with Crippen molar-refractivity contribution in [3.63, 3.8) is 0 Å². The van der Waals surface area contributed by atoms with E-state index in [1.165, 1.54) is 77.0 Å². The van der Waals surface area contributed by atoms with Crippen LogP contribution in [-0.2, 0) is 14.3 Å². The molecule has 1 saturated heterocycles. The molecule has 0 aromatic heterocycles. The van der Waals surface area contributed by atoms with E-state index in [4.69, 9.17) is 9.47 Å². The maximum absolute atomic E-state index is 12.8. The number of hydrogen-bond donors (Lipinski definition) is 6. The molecule has 286 valence electrons. The highest BCUT2D eigenvalue weighted by molar-refractivity contribution is 5.76. The van der Waals surface area contributed by atoms with Crippen LogP contribution in [0.4, 0.5) is 0 Å². The number of aliphatic hydroxyl groups excluding tert-OH is 5. The van der Waals surface area contributed by atoms with Gasteiger partial charge < -0.3 is 40.3 Å². The molecule has 7 unspecified atom stereocenters. The predicted octanol–water partition coefficient (Wildman–Crippen LogP) is 6.94. The third kappa shape index (κ3) is 22.8. The van der Waals surface area contributed by atoms with E-state index in [2.05, 4.69) is 43.5 Å². The molecule has 1 aliphatic rings. The molecule has 1 amide bonds. The first kappa shape index (κ1) is 45.4. The molecule has 0 bridgehead atoms. The van der Waals surface area contributed by atoms with E-state index in [-0.39, 0.29) is 12.5 Å². The molecule has 0 aromatic rings. The summed E-state index contributed by atoms with van der Waals surface area (Å²) >= 11 is 0.